The summed E-state index contributed by atoms with van der Waals surface area (Å²) in [7, 11) is 0. The molecule has 2 atom stereocenters. The summed E-state index contributed by atoms with van der Waals surface area (Å²) in [6.45, 7) is 9.91. The molecule has 1 N–H and O–H groups in total. The van der Waals surface area contributed by atoms with Gasteiger partial charge in [-0.15, -0.1) is 10.2 Å². The molecule has 0 aliphatic carbocycles. The van der Waals surface area contributed by atoms with E-state index in [1.54, 1.807) is 0 Å². The fraction of sp³-hybridized carbons (Fsp3) is 0.632. The number of aliphatic hydroxyl groups excluding tert-OH is 1. The molecule has 4 heterocycles. The van der Waals surface area contributed by atoms with Crippen LogP contribution in [0.4, 0.5) is 0 Å². The van der Waals surface area contributed by atoms with Gasteiger partial charge >= 0.3 is 0 Å². The number of hydrogen-bond acceptors (Lipinski definition) is 6. The molecule has 4 rings (SSSR count). The van der Waals surface area contributed by atoms with Crippen molar-refractivity contribution in [1.29, 1.82) is 0 Å². The fourth-order valence-electron chi connectivity index (χ4n) is 4.19. The number of hydrogen-bond donors (Lipinski definition) is 1. The monoisotopic (exact) mass is 356 g/mol. The van der Waals surface area contributed by atoms with E-state index in [1.807, 2.05) is 24.5 Å². The second-order valence-corrected chi connectivity index (χ2v) is 7.95. The number of rotatable bonds is 5. The summed E-state index contributed by atoms with van der Waals surface area (Å²) in [5.41, 5.74) is 1.21. The maximum Gasteiger partial charge on any atom is 0.150 e. The van der Waals surface area contributed by atoms with Crippen LogP contribution in [0.5, 0.6) is 0 Å². The molecule has 0 saturated carbocycles. The molecule has 2 aliphatic heterocycles. The first kappa shape index (κ1) is 17.6. The van der Waals surface area contributed by atoms with Gasteiger partial charge in [0, 0.05) is 45.1 Å². The molecule has 0 aromatic carbocycles. The van der Waals surface area contributed by atoms with E-state index in [-0.39, 0.29) is 12.1 Å². The van der Waals surface area contributed by atoms with Crippen LogP contribution >= 0.6 is 0 Å². The minimum absolute atomic E-state index is 0.121. The van der Waals surface area contributed by atoms with Crippen LogP contribution < -0.4 is 0 Å². The van der Waals surface area contributed by atoms with E-state index in [0.29, 0.717) is 12.5 Å². The molecule has 2 aromatic rings. The molecule has 2 aliphatic rings. The van der Waals surface area contributed by atoms with E-state index >= 15 is 0 Å². The fourth-order valence-corrected chi connectivity index (χ4v) is 4.19. The van der Waals surface area contributed by atoms with Crippen molar-refractivity contribution in [3.8, 4) is 0 Å². The smallest absolute Gasteiger partial charge is 0.150 e. The van der Waals surface area contributed by atoms with Crippen LogP contribution in [0.1, 0.15) is 43.5 Å². The second kappa shape index (κ2) is 7.42. The summed E-state index contributed by atoms with van der Waals surface area (Å²) < 4.78 is 2.28. The summed E-state index contributed by atoms with van der Waals surface area (Å²) in [5, 5.41) is 19.3. The highest BCUT2D eigenvalue weighted by Crippen LogP contribution is 2.33. The molecule has 0 radical (unpaired) electrons. The van der Waals surface area contributed by atoms with Gasteiger partial charge in [-0.05, 0) is 30.0 Å². The van der Waals surface area contributed by atoms with Crippen molar-refractivity contribution in [2.24, 2.45) is 5.92 Å². The van der Waals surface area contributed by atoms with Gasteiger partial charge in [-0.25, -0.2) is 0 Å². The van der Waals surface area contributed by atoms with Crippen LogP contribution in [0.25, 0.3) is 0 Å². The summed E-state index contributed by atoms with van der Waals surface area (Å²) in [5.74, 6) is 2.72. The van der Waals surface area contributed by atoms with Gasteiger partial charge in [-0.3, -0.25) is 14.8 Å². The van der Waals surface area contributed by atoms with E-state index in [1.165, 1.54) is 5.56 Å². The molecule has 0 unspecified atom stereocenters. The Morgan fingerprint density at radius 1 is 1.19 bits per heavy atom. The van der Waals surface area contributed by atoms with Crippen molar-refractivity contribution >= 4 is 0 Å². The van der Waals surface area contributed by atoms with Crippen molar-refractivity contribution in [3.05, 3.63) is 41.7 Å². The third-order valence-electron chi connectivity index (χ3n) is 5.30. The van der Waals surface area contributed by atoms with Crippen molar-refractivity contribution in [2.45, 2.75) is 52.0 Å². The Bertz CT molecular complexity index is 731. The Labute approximate surface area is 154 Å². The summed E-state index contributed by atoms with van der Waals surface area (Å²) >= 11 is 0. The largest absolute Gasteiger partial charge is 0.392 e. The highest BCUT2D eigenvalue weighted by Gasteiger charge is 2.36. The van der Waals surface area contributed by atoms with Crippen molar-refractivity contribution in [3.63, 3.8) is 0 Å². The van der Waals surface area contributed by atoms with Crippen LogP contribution in [0.15, 0.2) is 24.5 Å². The lowest BCUT2D eigenvalue weighted by Gasteiger charge is -2.30. The van der Waals surface area contributed by atoms with E-state index in [9.17, 15) is 5.11 Å². The lowest BCUT2D eigenvalue weighted by molar-refractivity contribution is 0.170. The van der Waals surface area contributed by atoms with Crippen LogP contribution in [-0.2, 0) is 19.6 Å². The summed E-state index contributed by atoms with van der Waals surface area (Å²) in [6, 6.07) is 4.19. The maximum absolute atomic E-state index is 10.3. The Hall–Kier alpha value is -1.83. The SMILES string of the molecule is CC(C)CN1CCn2c(nnc2[C@@H]2C[C@@H](O)CN2Cc2ccncc2)C1. The highest BCUT2D eigenvalue weighted by molar-refractivity contribution is 5.13. The number of aliphatic hydroxyl groups is 1. The molecule has 7 nitrogen and oxygen atoms in total. The molecule has 1 fully saturated rings. The molecule has 26 heavy (non-hydrogen) atoms. The minimum atomic E-state index is -0.309. The molecule has 0 amide bonds. The minimum Gasteiger partial charge on any atom is -0.392 e. The Balaban J connectivity index is 1.52. The van der Waals surface area contributed by atoms with E-state index < -0.39 is 0 Å². The van der Waals surface area contributed by atoms with Gasteiger partial charge in [-0.1, -0.05) is 13.8 Å². The zero-order valence-electron chi connectivity index (χ0n) is 15.6. The zero-order valence-corrected chi connectivity index (χ0v) is 15.6. The van der Waals surface area contributed by atoms with Gasteiger partial charge in [0.15, 0.2) is 5.82 Å². The average molecular weight is 356 g/mol. The van der Waals surface area contributed by atoms with E-state index in [4.69, 9.17) is 0 Å². The van der Waals surface area contributed by atoms with Crippen molar-refractivity contribution < 1.29 is 5.11 Å². The van der Waals surface area contributed by atoms with Gasteiger partial charge in [0.05, 0.1) is 18.7 Å². The van der Waals surface area contributed by atoms with Gasteiger partial charge in [0.25, 0.3) is 0 Å². The third-order valence-corrected chi connectivity index (χ3v) is 5.30. The van der Waals surface area contributed by atoms with Crippen LogP contribution in [-0.4, -0.2) is 60.4 Å². The van der Waals surface area contributed by atoms with E-state index in [2.05, 4.69) is 43.4 Å². The average Bonchev–Trinajstić information content (AvgIpc) is 3.18. The molecule has 2 aromatic heterocycles. The van der Waals surface area contributed by atoms with Crippen LogP contribution in [0.3, 0.4) is 0 Å². The number of fused-ring (bicyclic) bond motifs is 1. The molecule has 0 spiro atoms. The Morgan fingerprint density at radius 3 is 2.77 bits per heavy atom. The van der Waals surface area contributed by atoms with Gasteiger partial charge in [0.2, 0.25) is 0 Å². The van der Waals surface area contributed by atoms with Crippen molar-refractivity contribution in [1.82, 2.24) is 29.5 Å². The number of pyridine rings is 1. The number of β-amino-alcohol motifs (C(OH)–C–C–N with tert-alkyl or cyclic N) is 1. The first-order chi connectivity index (χ1) is 12.6. The standard InChI is InChI=1S/C19H28N6O/c1-14(2)10-23-7-8-25-18(13-23)21-22-19(25)17-9-16(26)12-24(17)11-15-3-5-20-6-4-15/h3-6,14,16-17,26H,7-13H2,1-2H3/t16-,17+/m1/s1. The summed E-state index contributed by atoms with van der Waals surface area (Å²) in [4.78, 5) is 8.86. The zero-order chi connectivity index (χ0) is 18.1. The first-order valence-corrected chi connectivity index (χ1v) is 9.55. The lowest BCUT2D eigenvalue weighted by Crippen LogP contribution is -2.37. The normalized spacial score (nSPS) is 24.3. The molecule has 1 saturated heterocycles. The van der Waals surface area contributed by atoms with Gasteiger partial charge < -0.3 is 9.67 Å². The lowest BCUT2D eigenvalue weighted by atomic mass is 10.1. The Morgan fingerprint density at radius 2 is 2.00 bits per heavy atom. The third kappa shape index (κ3) is 3.65. The number of aromatic nitrogens is 4. The topological polar surface area (TPSA) is 70.3 Å². The van der Waals surface area contributed by atoms with Crippen molar-refractivity contribution in [2.75, 3.05) is 19.6 Å². The predicted molar refractivity (Wildman–Crippen MR) is 98.1 cm³/mol. The predicted octanol–water partition coefficient (Wildman–Crippen LogP) is 1.45. The molecular weight excluding hydrogens is 328 g/mol. The second-order valence-electron chi connectivity index (χ2n) is 7.95. The first-order valence-electron chi connectivity index (χ1n) is 9.55. The van der Waals surface area contributed by atoms with Gasteiger partial charge in [0.1, 0.15) is 5.82 Å². The molecule has 140 valence electrons. The number of nitrogens with zero attached hydrogens (tertiary/aromatic N) is 6. The van der Waals surface area contributed by atoms with Crippen LogP contribution in [0, 0.1) is 5.92 Å². The highest BCUT2D eigenvalue weighted by atomic mass is 16.3. The molecular formula is C19H28N6O. The van der Waals surface area contributed by atoms with Gasteiger partial charge in [-0.2, -0.15) is 0 Å². The van der Waals surface area contributed by atoms with E-state index in [0.717, 1.165) is 50.8 Å². The Kier molecular flexibility index (Phi) is 5.02. The summed E-state index contributed by atoms with van der Waals surface area (Å²) in [6.07, 6.45) is 4.05. The molecule has 7 heteroatoms. The maximum atomic E-state index is 10.3. The quantitative estimate of drug-likeness (QED) is 0.874. The number of likely N-dealkylation sites (tertiary alicyclic amines) is 1. The van der Waals surface area contributed by atoms with Crippen LogP contribution in [0.2, 0.25) is 0 Å². The molecule has 0 bridgehead atoms.